The maximum atomic E-state index is 13.3. The quantitative estimate of drug-likeness (QED) is 0.656. The molecule has 0 bridgehead atoms. The molecule has 0 aliphatic heterocycles. The second-order valence-corrected chi connectivity index (χ2v) is 3.51. The van der Waals surface area contributed by atoms with Crippen LogP contribution in [0.3, 0.4) is 0 Å². The van der Waals surface area contributed by atoms with Crippen molar-refractivity contribution in [3.05, 3.63) is 34.4 Å². The molecule has 0 saturated carbocycles. The van der Waals surface area contributed by atoms with Crippen molar-refractivity contribution in [1.29, 1.82) is 0 Å². The molecule has 0 heterocycles. The topological polar surface area (TPSA) is 41.1 Å². The minimum atomic E-state index is -0.839. The zero-order valence-corrected chi connectivity index (χ0v) is 10.6. The third kappa shape index (κ3) is 4.46. The van der Waals surface area contributed by atoms with Crippen molar-refractivity contribution in [2.45, 2.75) is 0 Å². The predicted octanol–water partition coefficient (Wildman–Crippen LogP) is 1.99. The molecule has 1 amide bonds. The van der Waals surface area contributed by atoms with Crippen LogP contribution >= 0.6 is 24.0 Å². The molecular weight excluding hydrogens is 273 g/mol. The lowest BCUT2D eigenvalue weighted by Crippen LogP contribution is -2.31. The van der Waals surface area contributed by atoms with Crippen LogP contribution in [0, 0.1) is 11.6 Å². The molecule has 0 fully saturated rings. The highest BCUT2D eigenvalue weighted by Crippen LogP contribution is 2.19. The van der Waals surface area contributed by atoms with Crippen molar-refractivity contribution < 1.29 is 13.6 Å². The fourth-order valence-corrected chi connectivity index (χ4v) is 1.24. The fraction of sp³-hybridized carbons (Fsp3) is 0.300. The maximum Gasteiger partial charge on any atom is 0.254 e. The Hall–Kier alpha value is -0.910. The molecule has 0 aromatic heterocycles. The maximum absolute atomic E-state index is 13.3. The Balaban J connectivity index is 0.00000256. The highest BCUT2D eigenvalue weighted by molar-refractivity contribution is 6.30. The van der Waals surface area contributed by atoms with E-state index in [1.807, 2.05) is 0 Å². The number of hydrogen-bond acceptors (Lipinski definition) is 2. The van der Waals surface area contributed by atoms with Crippen molar-refractivity contribution >= 4 is 29.9 Å². The van der Waals surface area contributed by atoms with E-state index in [4.69, 9.17) is 11.6 Å². The van der Waals surface area contributed by atoms with Gasteiger partial charge in [-0.15, -0.1) is 12.4 Å². The Morgan fingerprint density at radius 1 is 1.29 bits per heavy atom. The largest absolute Gasteiger partial charge is 0.351 e. The average Bonchev–Trinajstić information content (AvgIpc) is 2.23. The lowest BCUT2D eigenvalue weighted by Gasteiger charge is -2.06. The van der Waals surface area contributed by atoms with Crippen LogP contribution in [0.4, 0.5) is 8.78 Å². The smallest absolute Gasteiger partial charge is 0.254 e. The first kappa shape index (κ1) is 16.1. The number of hydrogen-bond donors (Lipinski definition) is 2. The average molecular weight is 285 g/mol. The number of benzene rings is 1. The molecule has 1 aromatic carbocycles. The number of carbonyl (C=O) groups excluding carboxylic acids is 1. The molecule has 3 nitrogen and oxygen atoms in total. The number of rotatable bonds is 4. The van der Waals surface area contributed by atoms with Gasteiger partial charge in [-0.05, 0) is 19.2 Å². The van der Waals surface area contributed by atoms with Crippen molar-refractivity contribution in [3.63, 3.8) is 0 Å². The molecule has 2 N–H and O–H groups in total. The Bertz CT molecular complexity index is 402. The first-order valence-corrected chi connectivity index (χ1v) is 5.01. The van der Waals surface area contributed by atoms with Crippen LogP contribution in [-0.4, -0.2) is 26.0 Å². The van der Waals surface area contributed by atoms with Gasteiger partial charge in [0.05, 0.1) is 10.6 Å². The number of likely N-dealkylation sites (N-methyl/N-ethyl adjacent to an activating group) is 1. The Morgan fingerprint density at radius 3 is 2.53 bits per heavy atom. The molecule has 96 valence electrons. The third-order valence-corrected chi connectivity index (χ3v) is 2.20. The molecule has 1 aromatic rings. The zero-order valence-electron chi connectivity index (χ0n) is 9.02. The monoisotopic (exact) mass is 284 g/mol. The van der Waals surface area contributed by atoms with Gasteiger partial charge in [0.2, 0.25) is 0 Å². The number of halogens is 4. The van der Waals surface area contributed by atoms with Crippen molar-refractivity contribution in [3.8, 4) is 0 Å². The van der Waals surface area contributed by atoms with Gasteiger partial charge in [-0.3, -0.25) is 4.79 Å². The Morgan fingerprint density at radius 2 is 1.94 bits per heavy atom. The summed E-state index contributed by atoms with van der Waals surface area (Å²) in [5.41, 5.74) is -0.349. The van der Waals surface area contributed by atoms with E-state index < -0.39 is 17.5 Å². The summed E-state index contributed by atoms with van der Waals surface area (Å²) in [6, 6.07) is 1.57. The van der Waals surface area contributed by atoms with E-state index in [1.165, 1.54) is 0 Å². The molecule has 0 aliphatic rings. The van der Waals surface area contributed by atoms with E-state index >= 15 is 0 Å². The van der Waals surface area contributed by atoms with Crippen LogP contribution in [0.15, 0.2) is 12.1 Å². The van der Waals surface area contributed by atoms with Crippen LogP contribution < -0.4 is 10.6 Å². The normalized spacial score (nSPS) is 9.65. The van der Waals surface area contributed by atoms with Crippen LogP contribution in [0.1, 0.15) is 10.4 Å². The van der Waals surface area contributed by atoms with Crippen molar-refractivity contribution in [2.75, 3.05) is 20.1 Å². The molecule has 0 saturated heterocycles. The summed E-state index contributed by atoms with van der Waals surface area (Å²) in [6.07, 6.45) is 0. The third-order valence-electron chi connectivity index (χ3n) is 1.92. The van der Waals surface area contributed by atoms with Crippen LogP contribution in [0.25, 0.3) is 0 Å². The van der Waals surface area contributed by atoms with E-state index in [9.17, 15) is 13.6 Å². The van der Waals surface area contributed by atoms with E-state index in [-0.39, 0.29) is 23.0 Å². The van der Waals surface area contributed by atoms with Crippen molar-refractivity contribution in [2.24, 2.45) is 0 Å². The lowest BCUT2D eigenvalue weighted by atomic mass is 10.2. The van der Waals surface area contributed by atoms with Crippen LogP contribution in [0.5, 0.6) is 0 Å². The van der Waals surface area contributed by atoms with Crippen LogP contribution in [-0.2, 0) is 0 Å². The molecule has 0 unspecified atom stereocenters. The lowest BCUT2D eigenvalue weighted by molar-refractivity contribution is 0.0949. The van der Waals surface area contributed by atoms with Gasteiger partial charge >= 0.3 is 0 Å². The molecule has 1 rings (SSSR count). The summed E-state index contributed by atoms with van der Waals surface area (Å²) < 4.78 is 26.3. The molecular formula is C10H12Cl2F2N2O. The second-order valence-electron chi connectivity index (χ2n) is 3.11. The summed E-state index contributed by atoms with van der Waals surface area (Å²) in [4.78, 5) is 11.4. The molecule has 0 spiro atoms. The van der Waals surface area contributed by atoms with E-state index in [2.05, 4.69) is 10.6 Å². The predicted molar refractivity (Wildman–Crippen MR) is 64.9 cm³/mol. The fourth-order valence-electron chi connectivity index (χ4n) is 1.09. The van der Waals surface area contributed by atoms with E-state index in [1.54, 1.807) is 7.05 Å². The molecule has 17 heavy (non-hydrogen) atoms. The summed E-state index contributed by atoms with van der Waals surface area (Å²) in [7, 11) is 1.72. The Kier molecular flexibility index (Phi) is 7.03. The summed E-state index contributed by atoms with van der Waals surface area (Å²) in [6.45, 7) is 0.877. The first-order chi connectivity index (χ1) is 7.56. The number of amides is 1. The van der Waals surface area contributed by atoms with Gasteiger partial charge in [0.25, 0.3) is 5.91 Å². The van der Waals surface area contributed by atoms with Gasteiger partial charge in [0.1, 0.15) is 11.6 Å². The van der Waals surface area contributed by atoms with Gasteiger partial charge in [0, 0.05) is 13.1 Å². The highest BCUT2D eigenvalue weighted by Gasteiger charge is 2.14. The van der Waals surface area contributed by atoms with E-state index in [0.717, 1.165) is 12.1 Å². The SMILES string of the molecule is CNCCNC(=O)c1cc(F)c(Cl)cc1F.Cl. The second kappa shape index (κ2) is 7.42. The van der Waals surface area contributed by atoms with Crippen LogP contribution in [0.2, 0.25) is 5.02 Å². The minimum absolute atomic E-state index is 0. The number of nitrogens with one attached hydrogen (secondary N) is 2. The van der Waals surface area contributed by atoms with Gasteiger partial charge in [-0.25, -0.2) is 8.78 Å². The summed E-state index contributed by atoms with van der Waals surface area (Å²) in [5.74, 6) is -2.32. The van der Waals surface area contributed by atoms with Crippen molar-refractivity contribution in [1.82, 2.24) is 10.6 Å². The molecule has 0 radical (unpaired) electrons. The van der Waals surface area contributed by atoms with Gasteiger partial charge in [0.15, 0.2) is 0 Å². The highest BCUT2D eigenvalue weighted by atomic mass is 35.5. The van der Waals surface area contributed by atoms with Gasteiger partial charge in [-0.2, -0.15) is 0 Å². The molecule has 0 aliphatic carbocycles. The zero-order chi connectivity index (χ0) is 12.1. The molecule has 7 heteroatoms. The van der Waals surface area contributed by atoms with Gasteiger partial charge in [-0.1, -0.05) is 11.6 Å². The minimum Gasteiger partial charge on any atom is -0.351 e. The Labute approximate surface area is 109 Å². The first-order valence-electron chi connectivity index (χ1n) is 4.63. The summed E-state index contributed by atoms with van der Waals surface area (Å²) in [5, 5.41) is 4.90. The summed E-state index contributed by atoms with van der Waals surface area (Å²) >= 11 is 5.36. The number of carbonyl (C=O) groups is 1. The van der Waals surface area contributed by atoms with Gasteiger partial charge < -0.3 is 10.6 Å². The van der Waals surface area contributed by atoms with E-state index in [0.29, 0.717) is 13.1 Å². The standard InChI is InChI=1S/C10H11ClF2N2O.ClH/c1-14-2-3-15-10(16)6-4-9(13)7(11)5-8(6)12;/h4-5,14H,2-3H2,1H3,(H,15,16);1H. The molecule has 0 atom stereocenters.